The standard InChI is InChI=1S/C25H24F3N5O3S/c1-4-15-8-10-18(11-9-15)29-19(34)14-37-23-30-21-20(22(35)32(3)24(36)31(21)2)33(23)13-16-6-5-7-17(12-16)25(26,27)28/h5-12H,4,13-14H2,1-3H3,(H,29,34). The number of hydrogen-bond donors (Lipinski definition) is 1. The van der Waals surface area contributed by atoms with Crippen LogP contribution < -0.4 is 16.6 Å². The highest BCUT2D eigenvalue weighted by Gasteiger charge is 2.30. The van der Waals surface area contributed by atoms with Crippen LogP contribution in [0.15, 0.2) is 63.3 Å². The van der Waals surface area contributed by atoms with Gasteiger partial charge in [0.05, 0.1) is 17.9 Å². The number of nitrogens with one attached hydrogen (secondary N) is 1. The molecule has 37 heavy (non-hydrogen) atoms. The molecule has 194 valence electrons. The number of carbonyl (C=O) groups is 1. The van der Waals surface area contributed by atoms with Crippen LogP contribution in [0, 0.1) is 0 Å². The summed E-state index contributed by atoms with van der Waals surface area (Å²) in [6, 6.07) is 12.2. The van der Waals surface area contributed by atoms with Crippen LogP contribution in [0.2, 0.25) is 0 Å². The number of hydrogen-bond acceptors (Lipinski definition) is 5. The normalized spacial score (nSPS) is 11.7. The maximum Gasteiger partial charge on any atom is 0.416 e. The quantitative estimate of drug-likeness (QED) is 0.367. The first-order valence-electron chi connectivity index (χ1n) is 11.3. The molecule has 0 bridgehead atoms. The van der Waals surface area contributed by atoms with E-state index in [-0.39, 0.29) is 40.1 Å². The zero-order valence-corrected chi connectivity index (χ0v) is 21.1. The van der Waals surface area contributed by atoms with E-state index < -0.39 is 23.0 Å². The number of amides is 1. The zero-order valence-electron chi connectivity index (χ0n) is 20.3. The summed E-state index contributed by atoms with van der Waals surface area (Å²) in [5.74, 6) is -0.399. The van der Waals surface area contributed by atoms with Crippen LogP contribution in [-0.2, 0) is 38.0 Å². The molecule has 0 aliphatic rings. The molecule has 8 nitrogen and oxygen atoms in total. The van der Waals surface area contributed by atoms with E-state index in [2.05, 4.69) is 10.3 Å². The summed E-state index contributed by atoms with van der Waals surface area (Å²) in [7, 11) is 2.77. The average molecular weight is 532 g/mol. The number of alkyl halides is 3. The molecule has 4 aromatic rings. The topological polar surface area (TPSA) is 90.9 Å². The van der Waals surface area contributed by atoms with Crippen LogP contribution in [0.5, 0.6) is 0 Å². The van der Waals surface area contributed by atoms with Crippen molar-refractivity contribution in [2.75, 3.05) is 11.1 Å². The third kappa shape index (κ3) is 5.48. The molecule has 0 atom stereocenters. The maximum atomic E-state index is 13.3. The third-order valence-electron chi connectivity index (χ3n) is 5.89. The lowest BCUT2D eigenvalue weighted by Gasteiger charge is -2.12. The van der Waals surface area contributed by atoms with Crippen molar-refractivity contribution in [2.45, 2.75) is 31.2 Å². The second kappa shape index (κ2) is 10.3. The van der Waals surface area contributed by atoms with E-state index in [1.165, 1.54) is 35.4 Å². The smallest absolute Gasteiger partial charge is 0.325 e. The number of anilines is 1. The molecule has 0 spiro atoms. The van der Waals surface area contributed by atoms with Gasteiger partial charge >= 0.3 is 11.9 Å². The summed E-state index contributed by atoms with van der Waals surface area (Å²) in [6.45, 7) is 1.91. The van der Waals surface area contributed by atoms with Gasteiger partial charge < -0.3 is 9.88 Å². The highest BCUT2D eigenvalue weighted by Crippen LogP contribution is 2.30. The Balaban J connectivity index is 1.69. The number of halogens is 3. The van der Waals surface area contributed by atoms with Crippen molar-refractivity contribution in [3.05, 3.63) is 86.1 Å². The summed E-state index contributed by atoms with van der Waals surface area (Å²) in [5.41, 5.74) is 0.123. The van der Waals surface area contributed by atoms with E-state index in [1.807, 2.05) is 19.1 Å². The minimum absolute atomic E-state index is 0.0556. The third-order valence-corrected chi connectivity index (χ3v) is 6.86. The Labute approximate surface area is 213 Å². The lowest BCUT2D eigenvalue weighted by Crippen LogP contribution is -2.37. The number of aryl methyl sites for hydroxylation is 2. The number of aromatic nitrogens is 4. The molecule has 0 radical (unpaired) electrons. The van der Waals surface area contributed by atoms with E-state index in [9.17, 15) is 27.6 Å². The van der Waals surface area contributed by atoms with E-state index in [0.717, 1.165) is 40.4 Å². The van der Waals surface area contributed by atoms with Gasteiger partial charge in [-0.15, -0.1) is 0 Å². The van der Waals surface area contributed by atoms with Gasteiger partial charge in [0.15, 0.2) is 16.3 Å². The summed E-state index contributed by atoms with van der Waals surface area (Å²) >= 11 is 1.02. The Morgan fingerprint density at radius 3 is 2.38 bits per heavy atom. The van der Waals surface area contributed by atoms with Crippen LogP contribution >= 0.6 is 11.8 Å². The van der Waals surface area contributed by atoms with Gasteiger partial charge in [0.2, 0.25) is 5.91 Å². The van der Waals surface area contributed by atoms with E-state index in [1.54, 1.807) is 12.1 Å². The van der Waals surface area contributed by atoms with Crippen molar-refractivity contribution in [3.63, 3.8) is 0 Å². The fraction of sp³-hybridized carbons (Fsp3) is 0.280. The summed E-state index contributed by atoms with van der Waals surface area (Å²) in [6.07, 6.45) is -3.66. The van der Waals surface area contributed by atoms with Gasteiger partial charge in [0.1, 0.15) is 0 Å². The van der Waals surface area contributed by atoms with Crippen LogP contribution in [0.3, 0.4) is 0 Å². The maximum absolute atomic E-state index is 13.3. The second-order valence-electron chi connectivity index (χ2n) is 8.44. The first kappa shape index (κ1) is 26.3. The molecule has 4 rings (SSSR count). The molecule has 0 saturated heterocycles. The Morgan fingerprint density at radius 1 is 1.03 bits per heavy atom. The number of benzene rings is 2. The molecular weight excluding hydrogens is 507 g/mol. The van der Waals surface area contributed by atoms with Crippen molar-refractivity contribution >= 4 is 34.5 Å². The lowest BCUT2D eigenvalue weighted by atomic mass is 10.1. The molecule has 1 amide bonds. The van der Waals surface area contributed by atoms with Gasteiger partial charge in [-0.1, -0.05) is 43.0 Å². The van der Waals surface area contributed by atoms with E-state index in [0.29, 0.717) is 5.69 Å². The fourth-order valence-corrected chi connectivity index (χ4v) is 4.66. The average Bonchev–Trinajstić information content (AvgIpc) is 3.23. The Hall–Kier alpha value is -3.80. The van der Waals surface area contributed by atoms with Gasteiger partial charge in [-0.3, -0.25) is 18.7 Å². The summed E-state index contributed by atoms with van der Waals surface area (Å²) in [4.78, 5) is 42.5. The molecule has 2 aromatic heterocycles. The Kier molecular flexibility index (Phi) is 7.30. The molecule has 0 saturated carbocycles. The lowest BCUT2D eigenvalue weighted by molar-refractivity contribution is -0.137. The molecule has 0 aliphatic heterocycles. The van der Waals surface area contributed by atoms with Crippen LogP contribution in [0.4, 0.5) is 18.9 Å². The Morgan fingerprint density at radius 2 is 1.73 bits per heavy atom. The molecule has 0 unspecified atom stereocenters. The zero-order chi connectivity index (χ0) is 26.9. The van der Waals surface area contributed by atoms with Gasteiger partial charge in [-0.25, -0.2) is 9.78 Å². The van der Waals surface area contributed by atoms with Crippen LogP contribution in [0.1, 0.15) is 23.6 Å². The minimum Gasteiger partial charge on any atom is -0.325 e. The Bertz CT molecular complexity index is 1590. The van der Waals surface area contributed by atoms with E-state index in [4.69, 9.17) is 0 Å². The van der Waals surface area contributed by atoms with Crippen molar-refractivity contribution < 1.29 is 18.0 Å². The number of imidazole rings is 1. The van der Waals surface area contributed by atoms with Crippen molar-refractivity contribution in [1.82, 2.24) is 18.7 Å². The van der Waals surface area contributed by atoms with Crippen LogP contribution in [0.25, 0.3) is 11.2 Å². The number of fused-ring (bicyclic) bond motifs is 1. The molecule has 12 heteroatoms. The first-order chi connectivity index (χ1) is 17.5. The predicted octanol–water partition coefficient (Wildman–Crippen LogP) is 3.79. The first-order valence-corrected chi connectivity index (χ1v) is 12.3. The highest BCUT2D eigenvalue weighted by atomic mass is 32.2. The highest BCUT2D eigenvalue weighted by molar-refractivity contribution is 7.99. The van der Waals surface area contributed by atoms with Gasteiger partial charge in [0, 0.05) is 19.8 Å². The molecule has 2 aromatic carbocycles. The van der Waals surface area contributed by atoms with E-state index >= 15 is 0 Å². The van der Waals surface area contributed by atoms with Crippen LogP contribution in [-0.4, -0.2) is 30.3 Å². The molecule has 0 fully saturated rings. The summed E-state index contributed by atoms with van der Waals surface area (Å²) < 4.78 is 43.3. The largest absolute Gasteiger partial charge is 0.416 e. The van der Waals surface area contributed by atoms with Gasteiger partial charge in [-0.2, -0.15) is 13.2 Å². The monoisotopic (exact) mass is 531 g/mol. The predicted molar refractivity (Wildman–Crippen MR) is 136 cm³/mol. The fourth-order valence-electron chi connectivity index (χ4n) is 3.86. The van der Waals surface area contributed by atoms with Crippen molar-refractivity contribution in [3.8, 4) is 0 Å². The number of carbonyl (C=O) groups excluding carboxylic acids is 1. The molecule has 1 N–H and O–H groups in total. The summed E-state index contributed by atoms with van der Waals surface area (Å²) in [5, 5.41) is 3.01. The second-order valence-corrected chi connectivity index (χ2v) is 9.39. The number of rotatable bonds is 7. The SMILES string of the molecule is CCc1ccc(NC(=O)CSc2nc3c(c(=O)n(C)c(=O)n3C)n2Cc2cccc(C(F)(F)F)c2)cc1. The molecular formula is C25H24F3N5O3S. The minimum atomic E-state index is -4.53. The van der Waals surface area contributed by atoms with Gasteiger partial charge in [0.25, 0.3) is 5.56 Å². The molecule has 0 aliphatic carbocycles. The number of nitrogens with zero attached hydrogens (tertiary/aromatic N) is 4. The van der Waals surface area contributed by atoms with Gasteiger partial charge in [-0.05, 0) is 41.8 Å². The van der Waals surface area contributed by atoms with Crippen molar-refractivity contribution in [1.29, 1.82) is 0 Å². The molecule has 2 heterocycles. The van der Waals surface area contributed by atoms with Crippen molar-refractivity contribution in [2.24, 2.45) is 14.1 Å². The number of thioether (sulfide) groups is 1.